The molecule has 1 N–H and O–H groups in total. The van der Waals surface area contributed by atoms with E-state index in [2.05, 4.69) is 11.1 Å². The standard InChI is InChI=1S/C23H24FN7O2/c1-14-11-31-21(27-22(14)29-12-15(10-25)19(32)13-29)9-17(28-31)18-6-2-3-8-30(18)23(33)16-5-4-7-20(24)26-16/h4-5,7,9,11,15,18-19,32H,2-3,6,8,12-13H2,1H3. The van der Waals surface area contributed by atoms with Gasteiger partial charge < -0.3 is 14.9 Å². The van der Waals surface area contributed by atoms with Crippen LogP contribution in [-0.4, -0.2) is 61.2 Å². The molecule has 3 aromatic heterocycles. The van der Waals surface area contributed by atoms with Crippen LogP contribution in [0.4, 0.5) is 10.2 Å². The molecular weight excluding hydrogens is 425 g/mol. The number of aliphatic hydroxyl groups is 1. The van der Waals surface area contributed by atoms with Crippen LogP contribution in [0.5, 0.6) is 0 Å². The number of nitriles is 1. The fraction of sp³-hybridized carbons (Fsp3) is 0.435. The molecule has 3 atom stereocenters. The van der Waals surface area contributed by atoms with Gasteiger partial charge in [0.15, 0.2) is 5.65 Å². The summed E-state index contributed by atoms with van der Waals surface area (Å²) < 4.78 is 15.3. The van der Waals surface area contributed by atoms with Gasteiger partial charge in [0.05, 0.1) is 29.8 Å². The van der Waals surface area contributed by atoms with E-state index in [1.807, 2.05) is 24.1 Å². The summed E-state index contributed by atoms with van der Waals surface area (Å²) in [5.41, 5.74) is 2.31. The Balaban J connectivity index is 1.46. The van der Waals surface area contributed by atoms with Crippen molar-refractivity contribution in [3.63, 3.8) is 0 Å². The van der Waals surface area contributed by atoms with E-state index in [9.17, 15) is 19.6 Å². The molecule has 5 heterocycles. The second-order valence-corrected chi connectivity index (χ2v) is 8.68. The Bertz CT molecular complexity index is 1250. The molecule has 3 unspecified atom stereocenters. The topological polar surface area (TPSA) is 111 Å². The lowest BCUT2D eigenvalue weighted by Gasteiger charge is -2.34. The molecule has 0 bridgehead atoms. The van der Waals surface area contributed by atoms with E-state index in [4.69, 9.17) is 10.1 Å². The van der Waals surface area contributed by atoms with Crippen molar-refractivity contribution < 1.29 is 14.3 Å². The number of fused-ring (bicyclic) bond motifs is 1. The van der Waals surface area contributed by atoms with Gasteiger partial charge in [0.1, 0.15) is 11.5 Å². The van der Waals surface area contributed by atoms with Crippen LogP contribution >= 0.6 is 0 Å². The zero-order valence-corrected chi connectivity index (χ0v) is 18.2. The van der Waals surface area contributed by atoms with Crippen molar-refractivity contribution in [2.45, 2.75) is 38.3 Å². The Morgan fingerprint density at radius 3 is 2.88 bits per heavy atom. The normalized spacial score (nSPS) is 23.2. The fourth-order valence-corrected chi connectivity index (χ4v) is 4.75. The first-order valence-corrected chi connectivity index (χ1v) is 11.1. The number of aromatic nitrogens is 4. The molecule has 0 aliphatic carbocycles. The van der Waals surface area contributed by atoms with Gasteiger partial charge in [0.25, 0.3) is 5.91 Å². The van der Waals surface area contributed by atoms with E-state index in [-0.39, 0.29) is 17.6 Å². The summed E-state index contributed by atoms with van der Waals surface area (Å²) in [5, 5.41) is 24.0. The van der Waals surface area contributed by atoms with Crippen LogP contribution in [0.3, 0.4) is 0 Å². The van der Waals surface area contributed by atoms with Gasteiger partial charge in [-0.05, 0) is 38.3 Å². The molecule has 2 aliphatic rings. The molecular formula is C23H24FN7O2. The number of likely N-dealkylation sites (tertiary alicyclic amines) is 1. The molecule has 5 rings (SSSR count). The Labute approximate surface area is 190 Å². The van der Waals surface area contributed by atoms with Crippen molar-refractivity contribution in [2.24, 2.45) is 5.92 Å². The minimum Gasteiger partial charge on any atom is -0.390 e. The minimum absolute atomic E-state index is 0.0848. The highest BCUT2D eigenvalue weighted by Gasteiger charge is 2.34. The van der Waals surface area contributed by atoms with Crippen molar-refractivity contribution in [1.82, 2.24) is 24.5 Å². The van der Waals surface area contributed by atoms with E-state index < -0.39 is 18.0 Å². The van der Waals surface area contributed by atoms with Gasteiger partial charge >= 0.3 is 0 Å². The summed E-state index contributed by atoms with van der Waals surface area (Å²) in [5.74, 6) is -0.720. The number of carbonyl (C=O) groups is 1. The van der Waals surface area contributed by atoms with Crippen molar-refractivity contribution in [3.8, 4) is 6.07 Å². The van der Waals surface area contributed by atoms with Crippen molar-refractivity contribution in [2.75, 3.05) is 24.5 Å². The highest BCUT2D eigenvalue weighted by atomic mass is 19.1. The number of rotatable bonds is 3. The van der Waals surface area contributed by atoms with Crippen molar-refractivity contribution >= 4 is 17.4 Å². The zero-order valence-electron chi connectivity index (χ0n) is 18.2. The Morgan fingerprint density at radius 2 is 2.12 bits per heavy atom. The molecule has 2 aliphatic heterocycles. The summed E-state index contributed by atoms with van der Waals surface area (Å²) in [4.78, 5) is 25.3. The van der Waals surface area contributed by atoms with Crippen molar-refractivity contribution in [1.29, 1.82) is 5.26 Å². The lowest BCUT2D eigenvalue weighted by molar-refractivity contribution is 0.0598. The maximum Gasteiger partial charge on any atom is 0.273 e. The molecule has 2 fully saturated rings. The van der Waals surface area contributed by atoms with Gasteiger partial charge in [-0.2, -0.15) is 14.8 Å². The number of halogens is 1. The second-order valence-electron chi connectivity index (χ2n) is 8.68. The third kappa shape index (κ3) is 3.89. The Hall–Kier alpha value is -3.58. The number of hydrogen-bond acceptors (Lipinski definition) is 7. The molecule has 33 heavy (non-hydrogen) atoms. The molecule has 0 aromatic carbocycles. The van der Waals surface area contributed by atoms with Crippen LogP contribution in [0.1, 0.15) is 47.1 Å². The minimum atomic E-state index is -0.703. The molecule has 3 aromatic rings. The van der Waals surface area contributed by atoms with E-state index in [1.54, 1.807) is 9.42 Å². The summed E-state index contributed by atoms with van der Waals surface area (Å²) >= 11 is 0. The smallest absolute Gasteiger partial charge is 0.273 e. The van der Waals surface area contributed by atoms with Crippen LogP contribution in [0, 0.1) is 30.1 Å². The highest BCUT2D eigenvalue weighted by molar-refractivity contribution is 5.92. The second kappa shape index (κ2) is 8.41. The Kier molecular flexibility index (Phi) is 5.42. The van der Waals surface area contributed by atoms with E-state index in [0.29, 0.717) is 31.1 Å². The number of β-amino-alcohol motifs (C(OH)–C–C–N with tert-alkyl or cyclic N) is 1. The number of anilines is 1. The first kappa shape index (κ1) is 21.3. The predicted octanol–water partition coefficient (Wildman–Crippen LogP) is 2.26. The lowest BCUT2D eigenvalue weighted by atomic mass is 9.99. The van der Waals surface area contributed by atoms with Crippen LogP contribution in [-0.2, 0) is 0 Å². The summed E-state index contributed by atoms with van der Waals surface area (Å²) in [6.07, 6.45) is 3.74. The maximum absolute atomic E-state index is 13.6. The molecule has 2 saturated heterocycles. The average Bonchev–Trinajstić information content (AvgIpc) is 3.40. The number of amides is 1. The number of carbonyl (C=O) groups excluding carboxylic acids is 1. The number of aryl methyl sites for hydroxylation is 1. The molecule has 0 saturated carbocycles. The third-order valence-electron chi connectivity index (χ3n) is 6.42. The molecule has 1 amide bonds. The average molecular weight is 449 g/mol. The maximum atomic E-state index is 13.6. The van der Waals surface area contributed by atoms with Gasteiger partial charge in [0, 0.05) is 37.5 Å². The fourth-order valence-electron chi connectivity index (χ4n) is 4.75. The number of nitrogens with zero attached hydrogens (tertiary/aromatic N) is 7. The SMILES string of the molecule is Cc1cn2nc(C3CCCCN3C(=O)c3cccc(F)n3)cc2nc1N1CC(O)C(C#N)C1. The summed E-state index contributed by atoms with van der Waals surface area (Å²) in [6.45, 7) is 3.25. The van der Waals surface area contributed by atoms with Gasteiger partial charge in [-0.3, -0.25) is 4.79 Å². The van der Waals surface area contributed by atoms with Gasteiger partial charge in [0.2, 0.25) is 5.95 Å². The number of hydrogen-bond donors (Lipinski definition) is 1. The van der Waals surface area contributed by atoms with Gasteiger partial charge in [-0.25, -0.2) is 14.5 Å². The highest BCUT2D eigenvalue weighted by Crippen LogP contribution is 2.33. The third-order valence-corrected chi connectivity index (χ3v) is 6.42. The quantitative estimate of drug-likeness (QED) is 0.611. The van der Waals surface area contributed by atoms with Gasteiger partial charge in [-0.15, -0.1) is 0 Å². The predicted molar refractivity (Wildman–Crippen MR) is 117 cm³/mol. The van der Waals surface area contributed by atoms with Crippen molar-refractivity contribution in [3.05, 3.63) is 53.4 Å². The molecule has 9 nitrogen and oxygen atoms in total. The molecule has 0 radical (unpaired) electrons. The number of pyridine rings is 1. The first-order chi connectivity index (χ1) is 15.9. The van der Waals surface area contributed by atoms with Crippen LogP contribution in [0.2, 0.25) is 0 Å². The first-order valence-electron chi connectivity index (χ1n) is 11.1. The molecule has 10 heteroatoms. The zero-order chi connectivity index (χ0) is 23.1. The van der Waals surface area contributed by atoms with E-state index in [1.165, 1.54) is 18.2 Å². The molecule has 170 valence electrons. The number of aliphatic hydroxyl groups excluding tert-OH is 1. The largest absolute Gasteiger partial charge is 0.390 e. The molecule has 0 spiro atoms. The van der Waals surface area contributed by atoms with E-state index >= 15 is 0 Å². The lowest BCUT2D eigenvalue weighted by Crippen LogP contribution is -2.39. The van der Waals surface area contributed by atoms with Crippen LogP contribution in [0.25, 0.3) is 5.65 Å². The van der Waals surface area contributed by atoms with Crippen LogP contribution < -0.4 is 4.90 Å². The summed E-state index contributed by atoms with van der Waals surface area (Å²) in [6, 6.07) is 7.99. The Morgan fingerprint density at radius 1 is 1.27 bits per heavy atom. The van der Waals surface area contributed by atoms with Gasteiger partial charge in [-0.1, -0.05) is 6.07 Å². The monoisotopic (exact) mass is 449 g/mol. The summed E-state index contributed by atoms with van der Waals surface area (Å²) in [7, 11) is 0. The van der Waals surface area contributed by atoms with Crippen LogP contribution in [0.15, 0.2) is 30.5 Å². The number of piperidine rings is 1. The van der Waals surface area contributed by atoms with E-state index in [0.717, 1.165) is 30.5 Å².